The molecular formula is C20H22N2O3. The van der Waals surface area contributed by atoms with Gasteiger partial charge in [0.25, 0.3) is 5.91 Å². The van der Waals surface area contributed by atoms with E-state index in [9.17, 15) is 4.79 Å². The minimum absolute atomic E-state index is 0.0203. The lowest BCUT2D eigenvalue weighted by Gasteiger charge is -2.30. The standard InChI is InChI=1S/C20H22N2O3/c1-2-14-4-6-15(7-5-14)12-19-20(24)22(10-3-11-23)17-9-8-16(21)13-18(17)25-19/h4-9,12-13,23H,2-3,10-11,21H2,1H3/b19-12+. The number of carbonyl (C=O) groups excluding carboxylic acids is 1. The summed E-state index contributed by atoms with van der Waals surface area (Å²) >= 11 is 0. The number of ether oxygens (including phenoxy) is 1. The first-order valence-corrected chi connectivity index (χ1v) is 8.43. The van der Waals surface area contributed by atoms with Gasteiger partial charge >= 0.3 is 0 Å². The molecule has 0 aliphatic carbocycles. The Labute approximate surface area is 147 Å². The van der Waals surface area contributed by atoms with Crippen molar-refractivity contribution in [1.82, 2.24) is 0 Å². The van der Waals surface area contributed by atoms with Crippen LogP contribution in [0, 0.1) is 0 Å². The lowest BCUT2D eigenvalue weighted by molar-refractivity contribution is -0.117. The summed E-state index contributed by atoms with van der Waals surface area (Å²) in [6.45, 7) is 2.54. The van der Waals surface area contributed by atoms with Crippen molar-refractivity contribution in [3.8, 4) is 5.75 Å². The third kappa shape index (κ3) is 3.67. The molecule has 0 atom stereocenters. The molecule has 0 saturated carbocycles. The Hall–Kier alpha value is -2.79. The van der Waals surface area contributed by atoms with Crippen LogP contribution in [0.1, 0.15) is 24.5 Å². The van der Waals surface area contributed by atoms with Crippen LogP contribution in [0.4, 0.5) is 11.4 Å². The van der Waals surface area contributed by atoms with E-state index in [0.29, 0.717) is 30.1 Å². The predicted molar refractivity (Wildman–Crippen MR) is 99.3 cm³/mol. The van der Waals surface area contributed by atoms with Crippen LogP contribution in [0.25, 0.3) is 6.08 Å². The average molecular weight is 338 g/mol. The predicted octanol–water partition coefficient (Wildman–Crippen LogP) is 2.98. The number of rotatable bonds is 5. The van der Waals surface area contributed by atoms with Crippen molar-refractivity contribution in [1.29, 1.82) is 0 Å². The minimum Gasteiger partial charge on any atom is -0.449 e. The fourth-order valence-corrected chi connectivity index (χ4v) is 2.78. The van der Waals surface area contributed by atoms with Crippen LogP contribution in [-0.4, -0.2) is 24.2 Å². The van der Waals surface area contributed by atoms with Gasteiger partial charge in [0, 0.05) is 24.9 Å². The average Bonchev–Trinajstić information content (AvgIpc) is 2.62. The molecule has 0 aromatic heterocycles. The van der Waals surface area contributed by atoms with Crippen molar-refractivity contribution in [3.63, 3.8) is 0 Å². The molecule has 25 heavy (non-hydrogen) atoms. The molecular weight excluding hydrogens is 316 g/mol. The van der Waals surface area contributed by atoms with Gasteiger partial charge in [0.1, 0.15) is 0 Å². The number of hydrogen-bond acceptors (Lipinski definition) is 4. The molecule has 2 aromatic carbocycles. The number of anilines is 2. The third-order valence-corrected chi connectivity index (χ3v) is 4.18. The van der Waals surface area contributed by atoms with Crippen LogP contribution in [0.2, 0.25) is 0 Å². The molecule has 1 amide bonds. The smallest absolute Gasteiger partial charge is 0.294 e. The molecule has 0 spiro atoms. The molecule has 0 fully saturated rings. The summed E-state index contributed by atoms with van der Waals surface area (Å²) in [4.78, 5) is 14.5. The van der Waals surface area contributed by atoms with Crippen molar-refractivity contribution in [2.45, 2.75) is 19.8 Å². The van der Waals surface area contributed by atoms with E-state index in [1.807, 2.05) is 24.3 Å². The van der Waals surface area contributed by atoms with E-state index >= 15 is 0 Å². The molecule has 0 saturated heterocycles. The van der Waals surface area contributed by atoms with Gasteiger partial charge in [0.15, 0.2) is 11.5 Å². The number of fused-ring (bicyclic) bond motifs is 1. The lowest BCUT2D eigenvalue weighted by atomic mass is 10.1. The summed E-state index contributed by atoms with van der Waals surface area (Å²) in [5.41, 5.74) is 9.23. The highest BCUT2D eigenvalue weighted by Crippen LogP contribution is 2.37. The summed E-state index contributed by atoms with van der Waals surface area (Å²) in [7, 11) is 0. The highest BCUT2D eigenvalue weighted by Gasteiger charge is 2.30. The van der Waals surface area contributed by atoms with Crippen molar-refractivity contribution in [3.05, 3.63) is 59.4 Å². The Morgan fingerprint density at radius 3 is 2.64 bits per heavy atom. The summed E-state index contributed by atoms with van der Waals surface area (Å²) in [5, 5.41) is 9.12. The van der Waals surface area contributed by atoms with Gasteiger partial charge in [-0.1, -0.05) is 31.2 Å². The number of nitrogens with zero attached hydrogens (tertiary/aromatic N) is 1. The van der Waals surface area contributed by atoms with Crippen molar-refractivity contribution in [2.75, 3.05) is 23.8 Å². The number of hydrogen-bond donors (Lipinski definition) is 2. The Kier molecular flexibility index (Phi) is 5.05. The molecule has 1 aliphatic heterocycles. The maximum Gasteiger partial charge on any atom is 0.294 e. The van der Waals surface area contributed by atoms with Gasteiger partial charge in [-0.15, -0.1) is 0 Å². The van der Waals surface area contributed by atoms with E-state index in [1.54, 1.807) is 29.2 Å². The molecule has 5 nitrogen and oxygen atoms in total. The van der Waals surface area contributed by atoms with Gasteiger partial charge in [-0.05, 0) is 42.2 Å². The van der Waals surface area contributed by atoms with Crippen LogP contribution >= 0.6 is 0 Å². The van der Waals surface area contributed by atoms with Gasteiger partial charge in [-0.25, -0.2) is 0 Å². The maximum atomic E-state index is 12.8. The zero-order chi connectivity index (χ0) is 17.8. The third-order valence-electron chi connectivity index (χ3n) is 4.18. The first-order valence-electron chi connectivity index (χ1n) is 8.43. The highest BCUT2D eigenvalue weighted by atomic mass is 16.5. The zero-order valence-corrected chi connectivity index (χ0v) is 14.2. The van der Waals surface area contributed by atoms with Crippen LogP contribution in [0.15, 0.2) is 48.2 Å². The first kappa shape index (κ1) is 17.0. The summed E-state index contributed by atoms with van der Waals surface area (Å²) in [5.74, 6) is 0.583. The highest BCUT2D eigenvalue weighted by molar-refractivity contribution is 6.10. The maximum absolute atomic E-state index is 12.8. The van der Waals surface area contributed by atoms with E-state index in [2.05, 4.69) is 6.92 Å². The molecule has 3 N–H and O–H groups in total. The Bertz CT molecular complexity index is 797. The molecule has 0 unspecified atom stereocenters. The molecule has 3 rings (SSSR count). The number of aliphatic hydroxyl groups excluding tert-OH is 1. The Morgan fingerprint density at radius 1 is 1.20 bits per heavy atom. The van der Waals surface area contributed by atoms with Gasteiger partial charge in [-0.3, -0.25) is 4.79 Å². The number of amides is 1. The van der Waals surface area contributed by atoms with Crippen molar-refractivity contribution >= 4 is 23.4 Å². The molecule has 5 heteroatoms. The largest absolute Gasteiger partial charge is 0.449 e. The van der Waals surface area contributed by atoms with E-state index in [1.165, 1.54) is 5.56 Å². The van der Waals surface area contributed by atoms with Crippen LogP contribution < -0.4 is 15.4 Å². The normalized spacial score (nSPS) is 15.2. The Morgan fingerprint density at radius 2 is 1.96 bits per heavy atom. The Balaban J connectivity index is 1.97. The fraction of sp³-hybridized carbons (Fsp3) is 0.250. The van der Waals surface area contributed by atoms with Crippen LogP contribution in [0.5, 0.6) is 5.75 Å². The van der Waals surface area contributed by atoms with E-state index in [-0.39, 0.29) is 18.3 Å². The summed E-state index contributed by atoms with van der Waals surface area (Å²) in [6, 6.07) is 13.2. The summed E-state index contributed by atoms with van der Waals surface area (Å²) in [6.07, 6.45) is 3.20. The second-order valence-electron chi connectivity index (χ2n) is 5.97. The molecule has 1 heterocycles. The van der Waals surface area contributed by atoms with Gasteiger partial charge in [0.05, 0.1) is 5.69 Å². The molecule has 0 radical (unpaired) electrons. The number of benzene rings is 2. The van der Waals surface area contributed by atoms with Crippen molar-refractivity contribution in [2.24, 2.45) is 0 Å². The first-order chi connectivity index (χ1) is 12.1. The van der Waals surface area contributed by atoms with E-state index < -0.39 is 0 Å². The van der Waals surface area contributed by atoms with Crippen LogP contribution in [-0.2, 0) is 11.2 Å². The molecule has 130 valence electrons. The lowest BCUT2D eigenvalue weighted by Crippen LogP contribution is -2.38. The minimum atomic E-state index is -0.217. The van der Waals surface area contributed by atoms with Gasteiger partial charge in [0.2, 0.25) is 0 Å². The second kappa shape index (κ2) is 7.40. The number of aryl methyl sites for hydroxylation is 1. The number of nitrogen functional groups attached to an aromatic ring is 1. The quantitative estimate of drug-likeness (QED) is 0.649. The number of nitrogens with two attached hydrogens (primary N) is 1. The summed E-state index contributed by atoms with van der Waals surface area (Å²) < 4.78 is 5.82. The van der Waals surface area contributed by atoms with Gasteiger partial charge < -0.3 is 20.5 Å². The zero-order valence-electron chi connectivity index (χ0n) is 14.2. The van der Waals surface area contributed by atoms with Crippen molar-refractivity contribution < 1.29 is 14.6 Å². The molecule has 1 aliphatic rings. The van der Waals surface area contributed by atoms with E-state index in [0.717, 1.165) is 12.0 Å². The molecule has 0 bridgehead atoms. The number of carbonyl (C=O) groups is 1. The molecule has 2 aromatic rings. The fourth-order valence-electron chi connectivity index (χ4n) is 2.78. The van der Waals surface area contributed by atoms with E-state index in [4.69, 9.17) is 15.6 Å². The number of aliphatic hydroxyl groups is 1. The topological polar surface area (TPSA) is 75.8 Å². The monoisotopic (exact) mass is 338 g/mol. The van der Waals surface area contributed by atoms with Gasteiger partial charge in [-0.2, -0.15) is 0 Å². The van der Waals surface area contributed by atoms with Crippen LogP contribution in [0.3, 0.4) is 0 Å². The second-order valence-corrected chi connectivity index (χ2v) is 5.97. The SMILES string of the molecule is CCc1ccc(/C=C2/Oc3cc(N)ccc3N(CCCO)C2=O)cc1.